The molecule has 1 saturated heterocycles. The number of methoxy groups -OCH3 is 2. The van der Waals surface area contributed by atoms with E-state index in [1.54, 1.807) is 25.2 Å². The molecule has 1 fully saturated rings. The van der Waals surface area contributed by atoms with Crippen molar-refractivity contribution in [1.82, 2.24) is 10.2 Å². The van der Waals surface area contributed by atoms with E-state index in [0.29, 0.717) is 30.8 Å². The standard InChI is InChI=1S/C23H24N2O6/c1-30-16-8-14(9-17(11-16)31-2)13-3-4-18-15(7-13)10-20(23(29)24-12-22(27)28)25-19(18)5-6-21(25)26/h3-4,7-9,11,19-20H,5-6,10,12H2,1-2H3,(H,24,29)(H,27,28)/t19-,20+/m1/s1. The van der Waals surface area contributed by atoms with Crippen LogP contribution in [0.5, 0.6) is 11.5 Å². The molecular weight excluding hydrogens is 400 g/mol. The number of hydrogen-bond acceptors (Lipinski definition) is 5. The Morgan fingerprint density at radius 1 is 1.10 bits per heavy atom. The molecule has 0 spiro atoms. The Hall–Kier alpha value is -3.55. The number of amides is 2. The summed E-state index contributed by atoms with van der Waals surface area (Å²) >= 11 is 0. The number of fused-ring (bicyclic) bond motifs is 3. The van der Waals surface area contributed by atoms with Crippen LogP contribution in [0.15, 0.2) is 36.4 Å². The molecule has 31 heavy (non-hydrogen) atoms. The zero-order valence-electron chi connectivity index (χ0n) is 17.4. The number of ether oxygens (including phenoxy) is 2. The lowest BCUT2D eigenvalue weighted by Crippen LogP contribution is -2.52. The number of carboxylic acids is 1. The van der Waals surface area contributed by atoms with Crippen LogP contribution in [0, 0.1) is 0 Å². The number of carbonyl (C=O) groups is 3. The third kappa shape index (κ3) is 3.93. The second kappa shape index (κ2) is 8.29. The maximum absolute atomic E-state index is 12.7. The van der Waals surface area contributed by atoms with Crippen LogP contribution < -0.4 is 14.8 Å². The minimum Gasteiger partial charge on any atom is -0.497 e. The molecular formula is C23H24N2O6. The molecule has 0 bridgehead atoms. The van der Waals surface area contributed by atoms with E-state index in [1.165, 1.54) is 0 Å². The van der Waals surface area contributed by atoms with Gasteiger partial charge in [-0.3, -0.25) is 14.4 Å². The topological polar surface area (TPSA) is 105 Å². The number of aliphatic carboxylic acids is 1. The fraction of sp³-hybridized carbons (Fsp3) is 0.348. The van der Waals surface area contributed by atoms with Gasteiger partial charge in [0.2, 0.25) is 11.8 Å². The van der Waals surface area contributed by atoms with Crippen LogP contribution in [0.2, 0.25) is 0 Å². The van der Waals surface area contributed by atoms with E-state index in [1.807, 2.05) is 30.3 Å². The molecule has 2 heterocycles. The van der Waals surface area contributed by atoms with Crippen LogP contribution >= 0.6 is 0 Å². The molecule has 0 unspecified atom stereocenters. The van der Waals surface area contributed by atoms with Crippen LogP contribution in [0.3, 0.4) is 0 Å². The van der Waals surface area contributed by atoms with Gasteiger partial charge >= 0.3 is 5.97 Å². The number of benzene rings is 2. The summed E-state index contributed by atoms with van der Waals surface area (Å²) in [6.45, 7) is -0.474. The Morgan fingerprint density at radius 2 is 1.81 bits per heavy atom. The summed E-state index contributed by atoms with van der Waals surface area (Å²) in [4.78, 5) is 37.7. The molecule has 0 radical (unpaired) electrons. The van der Waals surface area contributed by atoms with Crippen molar-refractivity contribution in [2.75, 3.05) is 20.8 Å². The van der Waals surface area contributed by atoms with Gasteiger partial charge in [0.15, 0.2) is 0 Å². The molecule has 0 aromatic heterocycles. The molecule has 2 amide bonds. The van der Waals surface area contributed by atoms with Crippen molar-refractivity contribution in [2.45, 2.75) is 31.3 Å². The SMILES string of the molecule is COc1cc(OC)cc(-c2ccc3c(c2)C[C@@H](C(=O)NCC(=O)O)N2C(=O)CC[C@H]32)c1. The van der Waals surface area contributed by atoms with E-state index < -0.39 is 24.5 Å². The number of hydrogen-bond donors (Lipinski definition) is 2. The van der Waals surface area contributed by atoms with Crippen molar-refractivity contribution in [2.24, 2.45) is 0 Å². The van der Waals surface area contributed by atoms with Crippen molar-refractivity contribution < 1.29 is 29.0 Å². The Morgan fingerprint density at radius 3 is 2.45 bits per heavy atom. The van der Waals surface area contributed by atoms with Crippen LogP contribution in [0.1, 0.15) is 30.0 Å². The fourth-order valence-electron chi connectivity index (χ4n) is 4.47. The average Bonchev–Trinajstić information content (AvgIpc) is 3.17. The summed E-state index contributed by atoms with van der Waals surface area (Å²) < 4.78 is 10.7. The molecule has 0 saturated carbocycles. The van der Waals surface area contributed by atoms with Gasteiger partial charge in [-0.15, -0.1) is 0 Å². The van der Waals surface area contributed by atoms with Crippen molar-refractivity contribution in [3.63, 3.8) is 0 Å². The second-order valence-corrected chi connectivity index (χ2v) is 7.70. The smallest absolute Gasteiger partial charge is 0.322 e. The van der Waals surface area contributed by atoms with E-state index in [9.17, 15) is 14.4 Å². The quantitative estimate of drug-likeness (QED) is 0.736. The maximum atomic E-state index is 12.7. The van der Waals surface area contributed by atoms with E-state index in [2.05, 4.69) is 5.32 Å². The third-order valence-electron chi connectivity index (χ3n) is 5.91. The maximum Gasteiger partial charge on any atom is 0.322 e. The molecule has 2 aliphatic heterocycles. The van der Waals surface area contributed by atoms with Gasteiger partial charge in [-0.1, -0.05) is 18.2 Å². The van der Waals surface area contributed by atoms with Crippen LogP contribution in [0.25, 0.3) is 11.1 Å². The van der Waals surface area contributed by atoms with Gasteiger partial charge in [0.1, 0.15) is 24.1 Å². The second-order valence-electron chi connectivity index (χ2n) is 7.70. The lowest BCUT2D eigenvalue weighted by Gasteiger charge is -2.38. The number of nitrogens with one attached hydrogen (secondary N) is 1. The molecule has 2 aliphatic rings. The Labute approximate surface area is 179 Å². The van der Waals surface area contributed by atoms with Gasteiger partial charge in [-0.25, -0.2) is 0 Å². The largest absolute Gasteiger partial charge is 0.497 e. The van der Waals surface area contributed by atoms with Crippen LogP contribution in [0.4, 0.5) is 0 Å². The third-order valence-corrected chi connectivity index (χ3v) is 5.91. The summed E-state index contributed by atoms with van der Waals surface area (Å²) in [5.41, 5.74) is 3.87. The van der Waals surface area contributed by atoms with Gasteiger partial charge in [0, 0.05) is 18.9 Å². The zero-order valence-corrected chi connectivity index (χ0v) is 17.4. The summed E-state index contributed by atoms with van der Waals surface area (Å²) in [7, 11) is 3.19. The molecule has 162 valence electrons. The van der Waals surface area contributed by atoms with E-state index >= 15 is 0 Å². The Bertz CT molecular complexity index is 1030. The lowest BCUT2D eigenvalue weighted by molar-refractivity contribution is -0.142. The van der Waals surface area contributed by atoms with Gasteiger partial charge in [0.25, 0.3) is 0 Å². The van der Waals surface area contributed by atoms with E-state index in [0.717, 1.165) is 22.3 Å². The Balaban J connectivity index is 1.71. The van der Waals surface area contributed by atoms with Gasteiger partial charge in [0.05, 0.1) is 20.3 Å². The first kappa shape index (κ1) is 20.7. The molecule has 0 aliphatic carbocycles. The summed E-state index contributed by atoms with van der Waals surface area (Å²) in [5, 5.41) is 11.3. The molecule has 4 rings (SSSR count). The first-order valence-electron chi connectivity index (χ1n) is 10.1. The summed E-state index contributed by atoms with van der Waals surface area (Å²) in [6.07, 6.45) is 1.35. The predicted molar refractivity (Wildman–Crippen MR) is 112 cm³/mol. The summed E-state index contributed by atoms with van der Waals surface area (Å²) in [5.74, 6) is -0.297. The normalized spacial score (nSPS) is 19.4. The van der Waals surface area contributed by atoms with Crippen molar-refractivity contribution in [1.29, 1.82) is 0 Å². The zero-order chi connectivity index (χ0) is 22.1. The van der Waals surface area contributed by atoms with Crippen molar-refractivity contribution in [3.8, 4) is 22.6 Å². The average molecular weight is 424 g/mol. The highest BCUT2D eigenvalue weighted by molar-refractivity contribution is 5.91. The highest BCUT2D eigenvalue weighted by Gasteiger charge is 2.44. The number of carbonyl (C=O) groups excluding carboxylic acids is 2. The van der Waals surface area contributed by atoms with Crippen molar-refractivity contribution in [3.05, 3.63) is 47.5 Å². The summed E-state index contributed by atoms with van der Waals surface area (Å²) in [6, 6.07) is 10.8. The number of carboxylic acid groups (broad SMARTS) is 1. The van der Waals surface area contributed by atoms with E-state index in [-0.39, 0.29) is 11.9 Å². The first-order valence-corrected chi connectivity index (χ1v) is 10.1. The van der Waals surface area contributed by atoms with Gasteiger partial charge < -0.3 is 24.8 Å². The molecule has 8 heteroatoms. The highest BCUT2D eigenvalue weighted by Crippen LogP contribution is 2.42. The first-order chi connectivity index (χ1) is 14.9. The lowest BCUT2D eigenvalue weighted by atomic mass is 9.86. The van der Waals surface area contributed by atoms with Gasteiger partial charge in [-0.05, 0) is 40.8 Å². The van der Waals surface area contributed by atoms with Gasteiger partial charge in [-0.2, -0.15) is 0 Å². The monoisotopic (exact) mass is 424 g/mol. The van der Waals surface area contributed by atoms with Crippen molar-refractivity contribution >= 4 is 17.8 Å². The minimum absolute atomic E-state index is 0.0762. The molecule has 8 nitrogen and oxygen atoms in total. The minimum atomic E-state index is -1.12. The fourth-order valence-corrected chi connectivity index (χ4v) is 4.47. The van der Waals surface area contributed by atoms with E-state index in [4.69, 9.17) is 14.6 Å². The molecule has 2 N–H and O–H groups in total. The Kier molecular flexibility index (Phi) is 5.54. The molecule has 2 aromatic carbocycles. The highest BCUT2D eigenvalue weighted by atomic mass is 16.5. The van der Waals surface area contributed by atoms with Crippen LogP contribution in [-0.2, 0) is 20.8 Å². The predicted octanol–water partition coefficient (Wildman–Crippen LogP) is 2.16. The molecule has 2 atom stereocenters. The molecule has 2 aromatic rings. The number of nitrogens with zero attached hydrogens (tertiary/aromatic N) is 1. The number of rotatable bonds is 6. The van der Waals surface area contributed by atoms with Crippen LogP contribution in [-0.4, -0.2) is 54.6 Å².